The molecule has 0 bridgehead atoms. The van der Waals surface area contributed by atoms with E-state index in [1.165, 1.54) is 0 Å². The van der Waals surface area contributed by atoms with E-state index in [-0.39, 0.29) is 36.3 Å². The van der Waals surface area contributed by atoms with Gasteiger partial charge in [0.05, 0.1) is 5.92 Å². The van der Waals surface area contributed by atoms with Gasteiger partial charge in [0.2, 0.25) is 5.91 Å². The number of nitrogens with two attached hydrogens (primary N) is 1. The minimum Gasteiger partial charge on any atom is -0.352 e. The first-order chi connectivity index (χ1) is 10.8. The van der Waals surface area contributed by atoms with Gasteiger partial charge in [-0.1, -0.05) is 27.7 Å². The number of rotatable bonds is 7. The van der Waals surface area contributed by atoms with Gasteiger partial charge in [-0.05, 0) is 31.1 Å². The fraction of sp³-hybridized carbons (Fsp3) is 0.882. The maximum absolute atomic E-state index is 12.5. The molecule has 0 aromatic heterocycles. The third-order valence-electron chi connectivity index (χ3n) is 4.13. The number of hydrogen-bond acceptors (Lipinski definition) is 3. The van der Waals surface area contributed by atoms with Gasteiger partial charge in [0.1, 0.15) is 0 Å². The zero-order chi connectivity index (χ0) is 17.4. The topological polar surface area (TPSA) is 87.5 Å². The van der Waals surface area contributed by atoms with E-state index in [1.807, 2.05) is 0 Å². The van der Waals surface area contributed by atoms with Crippen molar-refractivity contribution in [3.63, 3.8) is 0 Å². The minimum atomic E-state index is -0.130. The molecule has 1 aliphatic rings. The van der Waals surface area contributed by atoms with E-state index in [0.717, 1.165) is 25.8 Å². The lowest BCUT2D eigenvalue weighted by Crippen LogP contribution is -2.51. The van der Waals surface area contributed by atoms with Crippen molar-refractivity contribution in [3.8, 4) is 0 Å². The maximum atomic E-state index is 12.5. The normalized spacial score (nSPS) is 19.0. The van der Waals surface area contributed by atoms with Crippen LogP contribution >= 0.6 is 12.4 Å². The first-order valence-electron chi connectivity index (χ1n) is 8.86. The van der Waals surface area contributed by atoms with Crippen LogP contribution in [0.5, 0.6) is 0 Å². The molecule has 4 N–H and O–H groups in total. The van der Waals surface area contributed by atoms with Crippen molar-refractivity contribution in [3.05, 3.63) is 0 Å². The van der Waals surface area contributed by atoms with Crippen molar-refractivity contribution in [2.45, 2.75) is 53.0 Å². The molecule has 7 heteroatoms. The number of piperidine rings is 1. The van der Waals surface area contributed by atoms with Crippen molar-refractivity contribution in [1.82, 2.24) is 15.5 Å². The van der Waals surface area contributed by atoms with Crippen LogP contribution in [0, 0.1) is 17.8 Å². The molecule has 6 nitrogen and oxygen atoms in total. The van der Waals surface area contributed by atoms with Crippen molar-refractivity contribution in [2.75, 3.05) is 26.2 Å². The van der Waals surface area contributed by atoms with Crippen LogP contribution in [0.3, 0.4) is 0 Å². The third kappa shape index (κ3) is 8.20. The van der Waals surface area contributed by atoms with E-state index in [2.05, 4.69) is 38.3 Å². The molecule has 2 atom stereocenters. The summed E-state index contributed by atoms with van der Waals surface area (Å²) in [4.78, 5) is 26.4. The van der Waals surface area contributed by atoms with Gasteiger partial charge >= 0.3 is 6.03 Å². The maximum Gasteiger partial charge on any atom is 0.317 e. The van der Waals surface area contributed by atoms with Gasteiger partial charge in [0.15, 0.2) is 0 Å². The van der Waals surface area contributed by atoms with Gasteiger partial charge in [0.25, 0.3) is 0 Å². The molecule has 0 spiro atoms. The zero-order valence-corrected chi connectivity index (χ0v) is 16.3. The molecule has 1 saturated heterocycles. The van der Waals surface area contributed by atoms with E-state index in [9.17, 15) is 9.59 Å². The van der Waals surface area contributed by atoms with Gasteiger partial charge in [-0.3, -0.25) is 4.79 Å². The van der Waals surface area contributed by atoms with Crippen LogP contribution in [0.25, 0.3) is 0 Å². The average molecular weight is 363 g/mol. The number of amides is 3. The van der Waals surface area contributed by atoms with Gasteiger partial charge in [-0.15, -0.1) is 12.4 Å². The molecule has 1 rings (SSSR count). The van der Waals surface area contributed by atoms with Gasteiger partial charge in [0, 0.05) is 32.2 Å². The summed E-state index contributed by atoms with van der Waals surface area (Å²) >= 11 is 0. The number of nitrogens with zero attached hydrogens (tertiary/aromatic N) is 1. The Labute approximate surface area is 152 Å². The van der Waals surface area contributed by atoms with E-state index >= 15 is 0 Å². The molecule has 1 fully saturated rings. The Morgan fingerprint density at radius 2 is 1.88 bits per heavy atom. The molecule has 24 heavy (non-hydrogen) atoms. The molecular formula is C17H35ClN4O2. The molecule has 2 unspecified atom stereocenters. The van der Waals surface area contributed by atoms with Gasteiger partial charge in [-0.2, -0.15) is 0 Å². The highest BCUT2D eigenvalue weighted by Crippen LogP contribution is 2.17. The van der Waals surface area contributed by atoms with Crippen molar-refractivity contribution in [2.24, 2.45) is 23.5 Å². The zero-order valence-electron chi connectivity index (χ0n) is 15.5. The molecule has 0 aromatic carbocycles. The average Bonchev–Trinajstić information content (AvgIpc) is 2.51. The number of hydrogen-bond donors (Lipinski definition) is 3. The Morgan fingerprint density at radius 3 is 2.42 bits per heavy atom. The number of likely N-dealkylation sites (tertiary alicyclic amines) is 1. The van der Waals surface area contributed by atoms with Crippen LogP contribution in [0.2, 0.25) is 0 Å². The second kappa shape index (κ2) is 11.5. The van der Waals surface area contributed by atoms with Crippen LogP contribution in [0.4, 0.5) is 4.79 Å². The summed E-state index contributed by atoms with van der Waals surface area (Å²) in [7, 11) is 0. The summed E-state index contributed by atoms with van der Waals surface area (Å²) in [5.41, 5.74) is 5.75. The monoisotopic (exact) mass is 362 g/mol. The summed E-state index contributed by atoms with van der Waals surface area (Å²) in [6, 6.07) is -0.0404. The molecule has 1 aliphatic heterocycles. The van der Waals surface area contributed by atoms with E-state index in [0.29, 0.717) is 31.5 Å². The first-order valence-corrected chi connectivity index (χ1v) is 8.86. The number of halogens is 1. The lowest BCUT2D eigenvalue weighted by atomic mass is 9.96. The Bertz CT molecular complexity index is 391. The van der Waals surface area contributed by atoms with E-state index < -0.39 is 0 Å². The van der Waals surface area contributed by atoms with Crippen LogP contribution < -0.4 is 16.4 Å². The molecule has 1 heterocycles. The minimum absolute atomic E-state index is 0. The van der Waals surface area contributed by atoms with Crippen LogP contribution in [0.15, 0.2) is 0 Å². The van der Waals surface area contributed by atoms with Crippen molar-refractivity contribution < 1.29 is 9.59 Å². The molecule has 0 saturated carbocycles. The number of carbonyl (C=O) groups excluding carboxylic acids is 2. The van der Waals surface area contributed by atoms with Crippen LogP contribution in [0.1, 0.15) is 47.0 Å². The number of urea groups is 1. The number of nitrogens with one attached hydrogen (secondary N) is 2. The summed E-state index contributed by atoms with van der Waals surface area (Å²) in [6.07, 6.45) is 2.58. The van der Waals surface area contributed by atoms with Crippen LogP contribution in [-0.2, 0) is 4.79 Å². The summed E-state index contributed by atoms with van der Waals surface area (Å²) < 4.78 is 0. The van der Waals surface area contributed by atoms with E-state index in [1.54, 1.807) is 4.90 Å². The SMILES string of the molecule is CC(C)CNC(=O)N1CCCC(C(=O)NC(CN)CC(C)C)C1.Cl. The van der Waals surface area contributed by atoms with Crippen molar-refractivity contribution >= 4 is 24.3 Å². The Morgan fingerprint density at radius 1 is 1.21 bits per heavy atom. The van der Waals surface area contributed by atoms with E-state index in [4.69, 9.17) is 5.73 Å². The highest BCUT2D eigenvalue weighted by atomic mass is 35.5. The lowest BCUT2D eigenvalue weighted by Gasteiger charge is -2.33. The molecule has 0 radical (unpaired) electrons. The molecule has 142 valence electrons. The fourth-order valence-electron chi connectivity index (χ4n) is 2.88. The Kier molecular flexibility index (Phi) is 11.0. The second-order valence-electron chi connectivity index (χ2n) is 7.44. The molecule has 0 aromatic rings. The smallest absolute Gasteiger partial charge is 0.317 e. The predicted molar refractivity (Wildman–Crippen MR) is 100 cm³/mol. The quantitative estimate of drug-likeness (QED) is 0.647. The highest BCUT2D eigenvalue weighted by Gasteiger charge is 2.29. The third-order valence-corrected chi connectivity index (χ3v) is 4.13. The first kappa shape index (κ1) is 23.0. The van der Waals surface area contributed by atoms with Crippen LogP contribution in [-0.4, -0.2) is 49.1 Å². The number of carbonyl (C=O) groups is 2. The Balaban J connectivity index is 0.00000529. The predicted octanol–water partition coefficient (Wildman–Crippen LogP) is 1.98. The largest absolute Gasteiger partial charge is 0.352 e. The molecular weight excluding hydrogens is 328 g/mol. The van der Waals surface area contributed by atoms with Gasteiger partial charge < -0.3 is 21.3 Å². The fourth-order valence-corrected chi connectivity index (χ4v) is 2.88. The molecule has 3 amide bonds. The van der Waals surface area contributed by atoms with Gasteiger partial charge in [-0.25, -0.2) is 4.79 Å². The summed E-state index contributed by atoms with van der Waals surface area (Å²) in [6.45, 7) is 10.7. The Hall–Kier alpha value is -1.01. The summed E-state index contributed by atoms with van der Waals surface area (Å²) in [5.74, 6) is 0.815. The van der Waals surface area contributed by atoms with Crippen molar-refractivity contribution in [1.29, 1.82) is 0 Å². The summed E-state index contributed by atoms with van der Waals surface area (Å²) in [5, 5.41) is 5.98. The second-order valence-corrected chi connectivity index (χ2v) is 7.44. The highest BCUT2D eigenvalue weighted by molar-refractivity contribution is 5.85. The standard InChI is InChI=1S/C17H34N4O2.ClH/c1-12(2)8-15(9-18)20-16(22)14-6-5-7-21(11-14)17(23)19-10-13(3)4;/h12-15H,5-11,18H2,1-4H3,(H,19,23)(H,20,22);1H. The molecule has 0 aliphatic carbocycles. The lowest BCUT2D eigenvalue weighted by molar-refractivity contribution is -0.127.